The van der Waals surface area contributed by atoms with E-state index in [-0.39, 0.29) is 23.0 Å². The van der Waals surface area contributed by atoms with Gasteiger partial charge in [0.25, 0.3) is 0 Å². The van der Waals surface area contributed by atoms with Crippen molar-refractivity contribution in [2.45, 2.75) is 20.0 Å². The highest BCUT2D eigenvalue weighted by Crippen LogP contribution is 2.32. The summed E-state index contributed by atoms with van der Waals surface area (Å²) in [5.74, 6) is 5.13. The Morgan fingerprint density at radius 2 is 1.82 bits per heavy atom. The van der Waals surface area contributed by atoms with Crippen LogP contribution < -0.4 is 14.8 Å². The van der Waals surface area contributed by atoms with Crippen LogP contribution in [0.15, 0.2) is 36.4 Å². The molecule has 180 valence electrons. The molecule has 0 bridgehead atoms. The van der Waals surface area contributed by atoms with Crippen LogP contribution in [0.2, 0.25) is 5.02 Å². The van der Waals surface area contributed by atoms with E-state index in [1.165, 1.54) is 7.11 Å². The van der Waals surface area contributed by atoms with Crippen LogP contribution in [0.1, 0.15) is 25.0 Å². The molecule has 0 radical (unpaired) electrons. The van der Waals surface area contributed by atoms with Gasteiger partial charge in [-0.05, 0) is 43.4 Å². The summed E-state index contributed by atoms with van der Waals surface area (Å²) in [5.41, 5.74) is -0.343. The molecule has 1 N–H and O–H groups in total. The van der Waals surface area contributed by atoms with Gasteiger partial charge in [-0.1, -0.05) is 31.4 Å². The molecule has 0 aliphatic rings. The summed E-state index contributed by atoms with van der Waals surface area (Å²) in [6.07, 6.45) is -4.51. The maximum Gasteiger partial charge on any atom is 0.416 e. The molecule has 0 aliphatic heterocycles. The van der Waals surface area contributed by atoms with Gasteiger partial charge in [0.15, 0.2) is 11.5 Å². The molecule has 0 aromatic heterocycles. The van der Waals surface area contributed by atoms with Gasteiger partial charge >= 0.3 is 12.1 Å². The molecule has 5 nitrogen and oxygen atoms in total. The van der Waals surface area contributed by atoms with Crippen LogP contribution in [0, 0.1) is 11.8 Å². The van der Waals surface area contributed by atoms with E-state index in [1.54, 1.807) is 18.2 Å². The Morgan fingerprint density at radius 1 is 1.12 bits per heavy atom. The fraction of sp³-hybridized carbons (Fsp3) is 0.348. The van der Waals surface area contributed by atoms with Crippen LogP contribution in [-0.4, -0.2) is 44.2 Å². The van der Waals surface area contributed by atoms with Crippen molar-refractivity contribution in [2.24, 2.45) is 0 Å². The third kappa shape index (κ3) is 8.69. The van der Waals surface area contributed by atoms with Crippen molar-refractivity contribution in [3.63, 3.8) is 0 Å². The number of anilines is 1. The number of ether oxygens (including phenoxy) is 2. The van der Waals surface area contributed by atoms with Crippen LogP contribution >= 0.6 is 24.0 Å². The second-order valence-corrected chi connectivity index (χ2v) is 7.04. The summed E-state index contributed by atoms with van der Waals surface area (Å²) < 4.78 is 49.2. The van der Waals surface area contributed by atoms with E-state index < -0.39 is 17.6 Å². The molecular formula is C23H25Cl2F3N2O3. The number of alkyl halides is 3. The van der Waals surface area contributed by atoms with E-state index in [4.69, 9.17) is 21.1 Å². The number of carbonyl (C=O) groups is 1. The predicted molar refractivity (Wildman–Crippen MR) is 125 cm³/mol. The fourth-order valence-electron chi connectivity index (χ4n) is 2.77. The Morgan fingerprint density at radius 3 is 2.39 bits per heavy atom. The lowest BCUT2D eigenvalue weighted by Gasteiger charge is -2.19. The highest BCUT2D eigenvalue weighted by Gasteiger charge is 2.30. The molecular weight excluding hydrogens is 480 g/mol. The lowest BCUT2D eigenvalue weighted by Crippen LogP contribution is -2.27. The maximum atomic E-state index is 12.7. The van der Waals surface area contributed by atoms with Crippen LogP contribution in [0.25, 0.3) is 0 Å². The summed E-state index contributed by atoms with van der Waals surface area (Å²) >= 11 is 5.85. The fourth-order valence-corrected chi connectivity index (χ4v) is 3.00. The van der Waals surface area contributed by atoms with Crippen LogP contribution in [0.5, 0.6) is 11.5 Å². The molecule has 2 rings (SSSR count). The first kappa shape index (κ1) is 28.4. The van der Waals surface area contributed by atoms with E-state index in [2.05, 4.69) is 35.9 Å². The largest absolute Gasteiger partial charge is 0.493 e. The summed E-state index contributed by atoms with van der Waals surface area (Å²) in [4.78, 5) is 14.4. The van der Waals surface area contributed by atoms with E-state index in [0.29, 0.717) is 23.8 Å². The van der Waals surface area contributed by atoms with E-state index in [0.717, 1.165) is 37.8 Å². The number of carbonyl (C=O) groups excluding carboxylic acids is 1. The molecule has 2 aromatic carbocycles. The monoisotopic (exact) mass is 504 g/mol. The van der Waals surface area contributed by atoms with Crippen LogP contribution in [0.4, 0.5) is 18.9 Å². The minimum atomic E-state index is -4.51. The van der Waals surface area contributed by atoms with Gasteiger partial charge in [-0.15, -0.1) is 12.4 Å². The molecule has 2 aromatic rings. The number of methoxy groups -OCH3 is 1. The topological polar surface area (TPSA) is 50.8 Å². The van der Waals surface area contributed by atoms with Gasteiger partial charge in [-0.2, -0.15) is 13.2 Å². The summed E-state index contributed by atoms with van der Waals surface area (Å²) in [7, 11) is 1.49. The average molecular weight is 505 g/mol. The van der Waals surface area contributed by atoms with Crippen molar-refractivity contribution in [3.8, 4) is 23.3 Å². The molecule has 0 aliphatic carbocycles. The predicted octanol–water partition coefficient (Wildman–Crippen LogP) is 5.50. The number of hydrogen-bond donors (Lipinski definition) is 1. The molecule has 1 amide bonds. The first-order valence-corrected chi connectivity index (χ1v) is 10.3. The number of hydrogen-bond acceptors (Lipinski definition) is 4. The van der Waals surface area contributed by atoms with Crippen molar-refractivity contribution in [3.05, 3.63) is 52.5 Å². The molecule has 0 unspecified atom stereocenters. The lowest BCUT2D eigenvalue weighted by molar-refractivity contribution is -0.137. The van der Waals surface area contributed by atoms with Crippen molar-refractivity contribution in [1.82, 2.24) is 4.90 Å². The van der Waals surface area contributed by atoms with E-state index in [1.807, 2.05) is 0 Å². The van der Waals surface area contributed by atoms with Gasteiger partial charge in [0.05, 0.1) is 17.7 Å². The zero-order chi connectivity index (χ0) is 23.7. The number of amides is 1. The zero-order valence-corrected chi connectivity index (χ0v) is 20.0. The normalized spacial score (nSPS) is 10.7. The number of likely N-dealkylation sites (N-methyl/N-ethyl adjacent to an activating group) is 1. The van der Waals surface area contributed by atoms with E-state index >= 15 is 0 Å². The minimum Gasteiger partial charge on any atom is -0.493 e. The number of nitrogens with one attached hydrogen (secondary N) is 1. The summed E-state index contributed by atoms with van der Waals surface area (Å²) in [5, 5.41) is 2.40. The van der Waals surface area contributed by atoms with Crippen molar-refractivity contribution < 1.29 is 27.4 Å². The average Bonchev–Trinajstić information content (AvgIpc) is 2.75. The Labute approximate surface area is 202 Å². The van der Waals surface area contributed by atoms with Gasteiger partial charge in [0, 0.05) is 29.8 Å². The van der Waals surface area contributed by atoms with E-state index in [9.17, 15) is 18.0 Å². The molecule has 0 atom stereocenters. The first-order chi connectivity index (χ1) is 15.2. The lowest BCUT2D eigenvalue weighted by atomic mass is 10.1. The van der Waals surface area contributed by atoms with Gasteiger partial charge in [0.1, 0.15) is 6.61 Å². The number of nitrogens with zero attached hydrogens (tertiary/aromatic N) is 1. The molecule has 0 spiro atoms. The second kappa shape index (κ2) is 13.2. The SMILES string of the molecule is CCN(CC)CCOc1ccc(NC(=O)C#Cc2ccc(C(F)(F)F)cc2Cl)cc1OC.Cl. The quantitative estimate of drug-likeness (QED) is 0.482. The van der Waals surface area contributed by atoms with Crippen molar-refractivity contribution in [1.29, 1.82) is 0 Å². The van der Waals surface area contributed by atoms with Crippen LogP contribution in [0.3, 0.4) is 0 Å². The van der Waals surface area contributed by atoms with Crippen LogP contribution in [-0.2, 0) is 11.0 Å². The van der Waals surface area contributed by atoms with Crippen molar-refractivity contribution in [2.75, 3.05) is 38.7 Å². The van der Waals surface area contributed by atoms with Gasteiger partial charge in [-0.3, -0.25) is 4.79 Å². The Hall–Kier alpha value is -2.60. The minimum absolute atomic E-state index is 0. The molecule has 0 saturated carbocycles. The first-order valence-electron chi connectivity index (χ1n) is 9.90. The summed E-state index contributed by atoms with van der Waals surface area (Å²) in [6.45, 7) is 7.28. The third-order valence-corrected chi connectivity index (χ3v) is 4.90. The molecule has 0 saturated heterocycles. The Balaban J connectivity index is 0.00000544. The number of halogens is 5. The highest BCUT2D eigenvalue weighted by molar-refractivity contribution is 6.31. The highest BCUT2D eigenvalue weighted by atomic mass is 35.5. The smallest absolute Gasteiger partial charge is 0.416 e. The maximum absolute atomic E-state index is 12.7. The second-order valence-electron chi connectivity index (χ2n) is 6.64. The zero-order valence-electron chi connectivity index (χ0n) is 18.4. The number of benzene rings is 2. The number of rotatable bonds is 8. The van der Waals surface area contributed by atoms with Gasteiger partial charge in [-0.25, -0.2) is 0 Å². The Bertz CT molecular complexity index is 1000. The molecule has 33 heavy (non-hydrogen) atoms. The Kier molecular flexibility index (Phi) is 11.4. The summed E-state index contributed by atoms with van der Waals surface area (Å²) in [6, 6.07) is 7.66. The van der Waals surface area contributed by atoms with Crippen molar-refractivity contribution >= 4 is 35.6 Å². The van der Waals surface area contributed by atoms with Gasteiger partial charge in [0.2, 0.25) is 0 Å². The molecule has 0 fully saturated rings. The molecule has 10 heteroatoms. The molecule has 0 heterocycles. The van der Waals surface area contributed by atoms with Gasteiger partial charge < -0.3 is 19.7 Å². The third-order valence-electron chi connectivity index (χ3n) is 4.59. The standard InChI is InChI=1S/C23H24ClF3N2O3.ClH/c1-4-29(5-2)12-13-32-20-10-9-18(15-21(20)31-3)28-22(30)11-7-16-6-8-17(14-19(16)24)23(25,26)27;/h6,8-10,14-15H,4-5,12-13H2,1-3H3,(H,28,30);1H.